The summed E-state index contributed by atoms with van der Waals surface area (Å²) in [5.74, 6) is 1.47. The minimum absolute atomic E-state index is 0.501. The number of nitrogens with two attached hydrogens (primary N) is 1. The van der Waals surface area contributed by atoms with Crippen molar-refractivity contribution in [2.75, 3.05) is 5.73 Å². The first kappa shape index (κ1) is 10.6. The van der Waals surface area contributed by atoms with Gasteiger partial charge in [-0.25, -0.2) is 4.98 Å². The van der Waals surface area contributed by atoms with E-state index in [0.717, 1.165) is 22.6 Å². The zero-order chi connectivity index (χ0) is 11.7. The molecule has 0 spiro atoms. The Kier molecular flexibility index (Phi) is 2.60. The summed E-state index contributed by atoms with van der Waals surface area (Å²) in [6, 6.07) is 0. The van der Waals surface area contributed by atoms with Crippen molar-refractivity contribution in [3.8, 4) is 0 Å². The fourth-order valence-electron chi connectivity index (χ4n) is 1.56. The Morgan fingerprint density at radius 2 is 2.00 bits per heavy atom. The largest absolute Gasteiger partial charge is 0.382 e. The lowest BCUT2D eigenvalue weighted by atomic mass is 10.1. The number of aromatic nitrogens is 4. The van der Waals surface area contributed by atoms with Crippen LogP contribution in [0.15, 0.2) is 12.4 Å². The van der Waals surface area contributed by atoms with Gasteiger partial charge in [-0.1, -0.05) is 0 Å². The summed E-state index contributed by atoms with van der Waals surface area (Å²) in [7, 11) is 1.97. The Balaban J connectivity index is 2.36. The third kappa shape index (κ3) is 1.76. The number of nitrogen functional groups attached to an aromatic ring is 1. The highest BCUT2D eigenvalue weighted by Gasteiger charge is 2.10. The van der Waals surface area contributed by atoms with Gasteiger partial charge in [0.15, 0.2) is 0 Å². The maximum absolute atomic E-state index is 5.70. The average molecular weight is 217 g/mol. The van der Waals surface area contributed by atoms with Crippen molar-refractivity contribution in [3.05, 3.63) is 35.0 Å². The quantitative estimate of drug-likeness (QED) is 0.814. The molecule has 5 heteroatoms. The molecule has 0 bridgehead atoms. The Morgan fingerprint density at radius 1 is 1.25 bits per heavy atom. The molecule has 0 aliphatic heterocycles. The first-order valence-electron chi connectivity index (χ1n) is 5.14. The van der Waals surface area contributed by atoms with E-state index in [0.29, 0.717) is 12.2 Å². The van der Waals surface area contributed by atoms with Crippen molar-refractivity contribution < 1.29 is 0 Å². The van der Waals surface area contributed by atoms with Crippen molar-refractivity contribution in [1.29, 1.82) is 0 Å². The van der Waals surface area contributed by atoms with E-state index >= 15 is 0 Å². The van der Waals surface area contributed by atoms with E-state index < -0.39 is 0 Å². The predicted molar refractivity (Wildman–Crippen MR) is 61.9 cm³/mol. The molecule has 0 aliphatic rings. The molecule has 0 aromatic carbocycles. The van der Waals surface area contributed by atoms with Crippen LogP contribution in [0.2, 0.25) is 0 Å². The Labute approximate surface area is 94.3 Å². The third-order valence-electron chi connectivity index (χ3n) is 2.90. The molecule has 16 heavy (non-hydrogen) atoms. The minimum Gasteiger partial charge on any atom is -0.382 e. The van der Waals surface area contributed by atoms with Gasteiger partial charge < -0.3 is 10.3 Å². The van der Waals surface area contributed by atoms with Crippen LogP contribution in [0, 0.1) is 13.8 Å². The summed E-state index contributed by atoms with van der Waals surface area (Å²) in [5.41, 5.74) is 8.72. The average Bonchev–Trinajstić information content (AvgIpc) is 2.65. The molecule has 0 aliphatic carbocycles. The molecule has 0 radical (unpaired) electrons. The van der Waals surface area contributed by atoms with Crippen molar-refractivity contribution in [2.24, 2.45) is 7.05 Å². The number of anilines is 1. The van der Waals surface area contributed by atoms with E-state index in [1.54, 1.807) is 6.20 Å². The van der Waals surface area contributed by atoms with Gasteiger partial charge in [-0.05, 0) is 25.0 Å². The number of hydrogen-bond donors (Lipinski definition) is 1. The lowest BCUT2D eigenvalue weighted by molar-refractivity contribution is 0.793. The van der Waals surface area contributed by atoms with Crippen molar-refractivity contribution in [3.63, 3.8) is 0 Å². The minimum atomic E-state index is 0.501. The normalized spacial score (nSPS) is 10.7. The molecule has 84 valence electrons. The number of imidazole rings is 1. The van der Waals surface area contributed by atoms with Gasteiger partial charge in [-0.3, -0.25) is 0 Å². The van der Waals surface area contributed by atoms with Gasteiger partial charge in [0.1, 0.15) is 11.6 Å². The van der Waals surface area contributed by atoms with Gasteiger partial charge in [-0.15, -0.1) is 5.10 Å². The van der Waals surface area contributed by atoms with Crippen molar-refractivity contribution >= 4 is 5.82 Å². The van der Waals surface area contributed by atoms with Gasteiger partial charge in [0.2, 0.25) is 0 Å². The molecule has 0 saturated heterocycles. The monoisotopic (exact) mass is 217 g/mol. The molecular formula is C11H15N5. The standard InChI is InChI=1S/C11H15N5/c1-7-8(2)11(12)15-14-9(7)6-10-13-4-5-16(10)3/h4-5H,6H2,1-3H3,(H2,12,15). The fourth-order valence-corrected chi connectivity index (χ4v) is 1.56. The highest BCUT2D eigenvalue weighted by atomic mass is 15.1. The van der Waals surface area contributed by atoms with Crippen molar-refractivity contribution in [1.82, 2.24) is 19.7 Å². The van der Waals surface area contributed by atoms with Crippen LogP contribution < -0.4 is 5.73 Å². The second kappa shape index (κ2) is 3.92. The van der Waals surface area contributed by atoms with E-state index in [4.69, 9.17) is 5.73 Å². The number of rotatable bonds is 2. The van der Waals surface area contributed by atoms with Crippen LogP contribution in [-0.2, 0) is 13.5 Å². The van der Waals surface area contributed by atoms with E-state index in [9.17, 15) is 0 Å². The Bertz CT molecular complexity index is 515. The number of aryl methyl sites for hydroxylation is 1. The molecule has 2 rings (SSSR count). The SMILES string of the molecule is Cc1c(N)nnc(Cc2nccn2C)c1C. The topological polar surface area (TPSA) is 69.6 Å². The summed E-state index contributed by atoms with van der Waals surface area (Å²) in [6.45, 7) is 3.97. The first-order chi connectivity index (χ1) is 7.59. The summed E-state index contributed by atoms with van der Waals surface area (Å²) in [5, 5.41) is 8.07. The fraction of sp³-hybridized carbons (Fsp3) is 0.364. The molecule has 2 heterocycles. The summed E-state index contributed by atoms with van der Waals surface area (Å²) < 4.78 is 1.98. The number of hydrogen-bond acceptors (Lipinski definition) is 4. The molecule has 0 saturated carbocycles. The molecule has 2 aromatic rings. The summed E-state index contributed by atoms with van der Waals surface area (Å²) in [6.07, 6.45) is 4.38. The molecule has 0 atom stereocenters. The maximum atomic E-state index is 5.70. The van der Waals surface area contributed by atoms with E-state index in [-0.39, 0.29) is 0 Å². The van der Waals surface area contributed by atoms with Crippen LogP contribution >= 0.6 is 0 Å². The van der Waals surface area contributed by atoms with E-state index in [2.05, 4.69) is 15.2 Å². The van der Waals surface area contributed by atoms with Crippen molar-refractivity contribution in [2.45, 2.75) is 20.3 Å². The molecule has 0 amide bonds. The Hall–Kier alpha value is -1.91. The van der Waals surface area contributed by atoms with Crippen LogP contribution in [0.25, 0.3) is 0 Å². The number of nitrogens with zero attached hydrogens (tertiary/aromatic N) is 4. The maximum Gasteiger partial charge on any atom is 0.149 e. The summed E-state index contributed by atoms with van der Waals surface area (Å²) >= 11 is 0. The molecule has 0 fully saturated rings. The molecule has 5 nitrogen and oxygen atoms in total. The smallest absolute Gasteiger partial charge is 0.149 e. The van der Waals surface area contributed by atoms with E-state index in [1.165, 1.54) is 0 Å². The van der Waals surface area contributed by atoms with Gasteiger partial charge >= 0.3 is 0 Å². The Morgan fingerprint density at radius 3 is 2.62 bits per heavy atom. The van der Waals surface area contributed by atoms with Crippen LogP contribution in [0.1, 0.15) is 22.6 Å². The van der Waals surface area contributed by atoms with Crippen LogP contribution in [0.3, 0.4) is 0 Å². The van der Waals surface area contributed by atoms with Crippen LogP contribution in [0.5, 0.6) is 0 Å². The van der Waals surface area contributed by atoms with E-state index in [1.807, 2.05) is 31.7 Å². The first-order valence-corrected chi connectivity index (χ1v) is 5.14. The third-order valence-corrected chi connectivity index (χ3v) is 2.90. The lowest BCUT2D eigenvalue weighted by Gasteiger charge is -2.08. The molecular weight excluding hydrogens is 202 g/mol. The summed E-state index contributed by atoms with van der Waals surface area (Å²) in [4.78, 5) is 4.27. The lowest BCUT2D eigenvalue weighted by Crippen LogP contribution is -2.07. The second-order valence-electron chi connectivity index (χ2n) is 3.91. The second-order valence-corrected chi connectivity index (χ2v) is 3.91. The molecule has 2 aromatic heterocycles. The predicted octanol–water partition coefficient (Wildman–Crippen LogP) is 1.000. The van der Waals surface area contributed by atoms with Gasteiger partial charge in [0.25, 0.3) is 0 Å². The zero-order valence-corrected chi connectivity index (χ0v) is 9.73. The van der Waals surface area contributed by atoms with Crippen LogP contribution in [0.4, 0.5) is 5.82 Å². The highest BCUT2D eigenvalue weighted by Crippen LogP contribution is 2.16. The van der Waals surface area contributed by atoms with Gasteiger partial charge in [-0.2, -0.15) is 5.10 Å². The molecule has 0 unspecified atom stereocenters. The highest BCUT2D eigenvalue weighted by molar-refractivity contribution is 5.43. The van der Waals surface area contributed by atoms with Gasteiger partial charge in [0, 0.05) is 19.4 Å². The zero-order valence-electron chi connectivity index (χ0n) is 9.73. The van der Waals surface area contributed by atoms with Gasteiger partial charge in [0.05, 0.1) is 12.1 Å². The molecule has 2 N–H and O–H groups in total. The van der Waals surface area contributed by atoms with Crippen LogP contribution in [-0.4, -0.2) is 19.7 Å².